The third kappa shape index (κ3) is 2.36. The highest BCUT2D eigenvalue weighted by Gasteiger charge is 2.20. The lowest BCUT2D eigenvalue weighted by Crippen LogP contribution is -2.22. The minimum absolute atomic E-state index is 0. The van der Waals surface area contributed by atoms with Crippen LogP contribution in [0.4, 0.5) is 5.82 Å². The number of nitrogens with zero attached hydrogens (tertiary/aromatic N) is 3. The van der Waals surface area contributed by atoms with Crippen LogP contribution in [0.3, 0.4) is 0 Å². The molecule has 6 heteroatoms. The van der Waals surface area contributed by atoms with Crippen molar-refractivity contribution in [3.8, 4) is 0 Å². The average molecular weight is 230 g/mol. The molecule has 1 N–H and O–H groups in total. The molecule has 1 saturated heterocycles. The van der Waals surface area contributed by atoms with Crippen molar-refractivity contribution in [2.24, 2.45) is 0 Å². The topological polar surface area (TPSA) is 66.3 Å². The molecule has 0 aromatic carbocycles. The smallest absolute Gasteiger partial charge is 0.341 e. The lowest BCUT2D eigenvalue weighted by atomic mass is 10.3. The van der Waals surface area contributed by atoms with E-state index in [1.165, 1.54) is 12.5 Å². The highest BCUT2D eigenvalue weighted by molar-refractivity contribution is 5.92. The number of carbonyl (C=O) groups is 1. The number of hydrogen-bond donors (Lipinski definition) is 1. The van der Waals surface area contributed by atoms with Crippen LogP contribution in [0.1, 0.15) is 23.2 Å². The molecule has 5 nitrogen and oxygen atoms in total. The molecule has 2 rings (SSSR count). The van der Waals surface area contributed by atoms with Crippen molar-refractivity contribution in [2.75, 3.05) is 18.0 Å². The summed E-state index contributed by atoms with van der Waals surface area (Å²) in [4.78, 5) is 20.6. The van der Waals surface area contributed by atoms with Gasteiger partial charge in [-0.15, -0.1) is 12.4 Å². The molecule has 0 saturated carbocycles. The number of rotatable bonds is 2. The van der Waals surface area contributed by atoms with Gasteiger partial charge in [0.25, 0.3) is 0 Å². The van der Waals surface area contributed by atoms with Gasteiger partial charge in [-0.05, 0) is 12.8 Å². The zero-order valence-corrected chi connectivity index (χ0v) is 8.90. The molecule has 0 radical (unpaired) electrons. The predicted octanol–water partition coefficient (Wildman–Crippen LogP) is 1.20. The Morgan fingerprint density at radius 3 is 2.67 bits per heavy atom. The SMILES string of the molecule is Cl.O=C(O)c1cncnc1N1CCCC1. The molecule has 0 amide bonds. The number of anilines is 1. The van der Waals surface area contributed by atoms with Gasteiger partial charge in [-0.2, -0.15) is 0 Å². The van der Waals surface area contributed by atoms with Crippen LogP contribution in [0, 0.1) is 0 Å². The second kappa shape index (κ2) is 4.93. The number of carboxylic acids is 1. The van der Waals surface area contributed by atoms with E-state index in [0.717, 1.165) is 25.9 Å². The van der Waals surface area contributed by atoms with Crippen molar-refractivity contribution in [2.45, 2.75) is 12.8 Å². The van der Waals surface area contributed by atoms with Gasteiger partial charge in [0.05, 0.1) is 0 Å². The van der Waals surface area contributed by atoms with Crippen molar-refractivity contribution in [1.82, 2.24) is 9.97 Å². The molecule has 1 fully saturated rings. The minimum Gasteiger partial charge on any atom is -0.477 e. The number of carboxylic acid groups (broad SMARTS) is 1. The van der Waals surface area contributed by atoms with Gasteiger partial charge in [-0.1, -0.05) is 0 Å². The Morgan fingerprint density at radius 1 is 1.40 bits per heavy atom. The van der Waals surface area contributed by atoms with Crippen molar-refractivity contribution >= 4 is 24.2 Å². The minimum atomic E-state index is -0.965. The van der Waals surface area contributed by atoms with E-state index in [1.54, 1.807) is 0 Å². The van der Waals surface area contributed by atoms with Gasteiger partial charge in [0.15, 0.2) is 0 Å². The second-order valence-corrected chi connectivity index (χ2v) is 3.26. The van der Waals surface area contributed by atoms with E-state index in [2.05, 4.69) is 9.97 Å². The normalized spacial score (nSPS) is 14.8. The van der Waals surface area contributed by atoms with Crippen LogP contribution >= 0.6 is 12.4 Å². The first-order valence-corrected chi connectivity index (χ1v) is 4.57. The fraction of sp³-hybridized carbons (Fsp3) is 0.444. The van der Waals surface area contributed by atoms with Crippen LogP contribution < -0.4 is 4.90 Å². The van der Waals surface area contributed by atoms with Gasteiger partial charge >= 0.3 is 5.97 Å². The fourth-order valence-electron chi connectivity index (χ4n) is 1.65. The van der Waals surface area contributed by atoms with E-state index in [1.807, 2.05) is 4.90 Å². The monoisotopic (exact) mass is 229 g/mol. The van der Waals surface area contributed by atoms with E-state index < -0.39 is 5.97 Å². The maximum Gasteiger partial charge on any atom is 0.341 e. The largest absolute Gasteiger partial charge is 0.477 e. The van der Waals surface area contributed by atoms with Crippen LogP contribution in [-0.4, -0.2) is 34.1 Å². The number of aromatic carboxylic acids is 1. The van der Waals surface area contributed by atoms with E-state index in [-0.39, 0.29) is 18.0 Å². The summed E-state index contributed by atoms with van der Waals surface area (Å²) in [5, 5.41) is 8.92. The summed E-state index contributed by atoms with van der Waals surface area (Å²) in [6, 6.07) is 0. The first-order chi connectivity index (χ1) is 6.79. The summed E-state index contributed by atoms with van der Waals surface area (Å²) >= 11 is 0. The molecular formula is C9H12ClN3O2. The first-order valence-electron chi connectivity index (χ1n) is 4.57. The zero-order valence-electron chi connectivity index (χ0n) is 8.09. The van der Waals surface area contributed by atoms with Crippen molar-refractivity contribution in [3.63, 3.8) is 0 Å². The maximum atomic E-state index is 10.9. The molecule has 2 heterocycles. The molecular weight excluding hydrogens is 218 g/mol. The number of hydrogen-bond acceptors (Lipinski definition) is 4. The highest BCUT2D eigenvalue weighted by atomic mass is 35.5. The molecule has 1 aliphatic heterocycles. The lowest BCUT2D eigenvalue weighted by Gasteiger charge is -2.17. The van der Waals surface area contributed by atoms with Crippen molar-refractivity contribution < 1.29 is 9.90 Å². The highest BCUT2D eigenvalue weighted by Crippen LogP contribution is 2.20. The molecule has 0 spiro atoms. The van der Waals surface area contributed by atoms with Crippen LogP contribution in [0.5, 0.6) is 0 Å². The van der Waals surface area contributed by atoms with Gasteiger partial charge in [0.2, 0.25) is 0 Å². The van der Waals surface area contributed by atoms with Gasteiger partial charge in [0.1, 0.15) is 17.7 Å². The first kappa shape index (κ1) is 11.7. The summed E-state index contributed by atoms with van der Waals surface area (Å²) < 4.78 is 0. The van der Waals surface area contributed by atoms with Crippen LogP contribution in [0.25, 0.3) is 0 Å². The zero-order chi connectivity index (χ0) is 9.97. The van der Waals surface area contributed by atoms with Crippen LogP contribution in [-0.2, 0) is 0 Å². The molecule has 15 heavy (non-hydrogen) atoms. The average Bonchev–Trinajstić information content (AvgIpc) is 2.70. The van der Waals surface area contributed by atoms with E-state index in [9.17, 15) is 4.79 Å². The standard InChI is InChI=1S/C9H11N3O2.ClH/c13-9(14)7-5-10-6-11-8(7)12-3-1-2-4-12;/h5-6H,1-4H2,(H,13,14);1H. The van der Waals surface area contributed by atoms with Crippen molar-refractivity contribution in [1.29, 1.82) is 0 Å². The maximum absolute atomic E-state index is 10.9. The molecule has 0 atom stereocenters. The quantitative estimate of drug-likeness (QED) is 0.826. The molecule has 0 bridgehead atoms. The molecule has 1 aromatic heterocycles. The molecule has 1 aliphatic rings. The summed E-state index contributed by atoms with van der Waals surface area (Å²) in [6.45, 7) is 1.77. The number of halogens is 1. The third-order valence-corrected chi connectivity index (χ3v) is 2.33. The third-order valence-electron chi connectivity index (χ3n) is 2.33. The van der Waals surface area contributed by atoms with Gasteiger partial charge in [-0.3, -0.25) is 0 Å². The summed E-state index contributed by atoms with van der Waals surface area (Å²) in [7, 11) is 0. The van der Waals surface area contributed by atoms with E-state index in [4.69, 9.17) is 5.11 Å². The van der Waals surface area contributed by atoms with E-state index in [0.29, 0.717) is 5.82 Å². The fourth-order valence-corrected chi connectivity index (χ4v) is 1.65. The Bertz CT molecular complexity index is 353. The Kier molecular flexibility index (Phi) is 3.85. The predicted molar refractivity (Wildman–Crippen MR) is 57.7 cm³/mol. The summed E-state index contributed by atoms with van der Waals surface area (Å²) in [5.74, 6) is -0.419. The van der Waals surface area contributed by atoms with E-state index >= 15 is 0 Å². The van der Waals surface area contributed by atoms with Gasteiger partial charge < -0.3 is 10.0 Å². The summed E-state index contributed by atoms with van der Waals surface area (Å²) in [6.07, 6.45) is 4.94. The Balaban J connectivity index is 0.00000112. The van der Waals surface area contributed by atoms with Gasteiger partial charge in [0, 0.05) is 19.3 Å². The van der Waals surface area contributed by atoms with Crippen molar-refractivity contribution in [3.05, 3.63) is 18.1 Å². The second-order valence-electron chi connectivity index (χ2n) is 3.26. The number of aromatic nitrogens is 2. The lowest BCUT2D eigenvalue weighted by molar-refractivity contribution is 0.0696. The Hall–Kier alpha value is -1.36. The van der Waals surface area contributed by atoms with Crippen LogP contribution in [0.2, 0.25) is 0 Å². The Labute approximate surface area is 93.6 Å². The van der Waals surface area contributed by atoms with Gasteiger partial charge in [-0.25, -0.2) is 14.8 Å². The van der Waals surface area contributed by atoms with Crippen LogP contribution in [0.15, 0.2) is 12.5 Å². The Morgan fingerprint density at radius 2 is 2.07 bits per heavy atom. The molecule has 1 aromatic rings. The molecule has 0 aliphatic carbocycles. The summed E-state index contributed by atoms with van der Waals surface area (Å²) in [5.41, 5.74) is 0.189. The molecule has 82 valence electrons. The molecule has 0 unspecified atom stereocenters.